The summed E-state index contributed by atoms with van der Waals surface area (Å²) in [6, 6.07) is 7.84. The van der Waals surface area contributed by atoms with Crippen molar-refractivity contribution in [3.05, 3.63) is 35.6 Å². The van der Waals surface area contributed by atoms with Gasteiger partial charge in [0.1, 0.15) is 5.82 Å². The van der Waals surface area contributed by atoms with E-state index in [4.69, 9.17) is 0 Å². The summed E-state index contributed by atoms with van der Waals surface area (Å²) in [6.07, 6.45) is 3.79. The van der Waals surface area contributed by atoms with Gasteiger partial charge in [-0.15, -0.1) is 0 Å². The molecule has 3 heteroatoms. The van der Waals surface area contributed by atoms with Crippen LogP contribution in [0.25, 0.3) is 0 Å². The minimum absolute atomic E-state index is 0.129. The van der Waals surface area contributed by atoms with E-state index < -0.39 is 0 Å². The maximum Gasteiger partial charge on any atom is 0.123 e. The van der Waals surface area contributed by atoms with Gasteiger partial charge >= 0.3 is 0 Å². The Hall–Kier alpha value is -0.930. The van der Waals surface area contributed by atoms with E-state index in [1.54, 1.807) is 12.1 Å². The molecule has 1 aliphatic carbocycles. The summed E-state index contributed by atoms with van der Waals surface area (Å²) in [4.78, 5) is 2.63. The van der Waals surface area contributed by atoms with Crippen molar-refractivity contribution in [3.8, 4) is 0 Å². The SMILES string of the molecule is Fc1ccc(C2CCC(N3CCNCC3)C2)cc1. The number of hydrogen-bond acceptors (Lipinski definition) is 2. The average Bonchev–Trinajstić information content (AvgIpc) is 2.90. The lowest BCUT2D eigenvalue weighted by atomic mass is 9.97. The van der Waals surface area contributed by atoms with E-state index in [1.807, 2.05) is 12.1 Å². The van der Waals surface area contributed by atoms with Crippen LogP contribution in [-0.4, -0.2) is 37.1 Å². The second kappa shape index (κ2) is 5.37. The smallest absolute Gasteiger partial charge is 0.123 e. The third-order valence-corrected chi connectivity index (χ3v) is 4.41. The second-order valence-corrected chi connectivity index (χ2v) is 5.50. The molecule has 1 heterocycles. The summed E-state index contributed by atoms with van der Waals surface area (Å²) < 4.78 is 12.9. The van der Waals surface area contributed by atoms with Crippen molar-refractivity contribution in [2.75, 3.05) is 26.2 Å². The number of piperazine rings is 1. The van der Waals surface area contributed by atoms with Gasteiger partial charge in [0.2, 0.25) is 0 Å². The van der Waals surface area contributed by atoms with Crippen molar-refractivity contribution in [1.82, 2.24) is 10.2 Å². The third kappa shape index (κ3) is 2.57. The Kier molecular flexibility index (Phi) is 3.62. The molecule has 0 spiro atoms. The number of hydrogen-bond donors (Lipinski definition) is 1. The zero-order valence-electron chi connectivity index (χ0n) is 10.7. The minimum atomic E-state index is -0.129. The molecule has 2 aliphatic rings. The first-order chi connectivity index (χ1) is 8.83. The molecular formula is C15H21FN2. The van der Waals surface area contributed by atoms with E-state index >= 15 is 0 Å². The highest BCUT2D eigenvalue weighted by Gasteiger charge is 2.30. The summed E-state index contributed by atoms with van der Waals surface area (Å²) in [6.45, 7) is 4.61. The Morgan fingerprint density at radius 3 is 2.50 bits per heavy atom. The number of halogens is 1. The Bertz CT molecular complexity index is 384. The molecule has 2 atom stereocenters. The van der Waals surface area contributed by atoms with E-state index in [-0.39, 0.29) is 5.82 Å². The van der Waals surface area contributed by atoms with Crippen molar-refractivity contribution in [1.29, 1.82) is 0 Å². The highest BCUT2D eigenvalue weighted by Crippen LogP contribution is 2.36. The van der Waals surface area contributed by atoms with Crippen LogP contribution in [0, 0.1) is 5.82 Å². The first-order valence-corrected chi connectivity index (χ1v) is 7.03. The van der Waals surface area contributed by atoms with Gasteiger partial charge in [0, 0.05) is 32.2 Å². The molecule has 98 valence electrons. The van der Waals surface area contributed by atoms with Gasteiger partial charge in [-0.05, 0) is 42.9 Å². The molecule has 3 rings (SSSR count). The van der Waals surface area contributed by atoms with Gasteiger partial charge in [-0.3, -0.25) is 4.90 Å². The number of nitrogens with one attached hydrogen (secondary N) is 1. The predicted octanol–water partition coefficient (Wildman–Crippen LogP) is 2.37. The number of rotatable bonds is 2. The highest BCUT2D eigenvalue weighted by molar-refractivity contribution is 5.22. The molecule has 0 radical (unpaired) electrons. The van der Waals surface area contributed by atoms with Crippen molar-refractivity contribution in [3.63, 3.8) is 0 Å². The van der Waals surface area contributed by atoms with Gasteiger partial charge in [-0.25, -0.2) is 4.39 Å². The van der Waals surface area contributed by atoms with E-state index in [0.717, 1.165) is 19.1 Å². The fourth-order valence-electron chi connectivity index (χ4n) is 3.37. The van der Waals surface area contributed by atoms with Crippen LogP contribution in [0.5, 0.6) is 0 Å². The van der Waals surface area contributed by atoms with Crippen molar-refractivity contribution >= 4 is 0 Å². The molecule has 1 saturated carbocycles. The molecule has 1 saturated heterocycles. The molecule has 2 nitrogen and oxygen atoms in total. The molecule has 1 aliphatic heterocycles. The lowest BCUT2D eigenvalue weighted by Crippen LogP contribution is -2.47. The van der Waals surface area contributed by atoms with Crippen LogP contribution >= 0.6 is 0 Å². The molecule has 1 aromatic carbocycles. The highest BCUT2D eigenvalue weighted by atomic mass is 19.1. The second-order valence-electron chi connectivity index (χ2n) is 5.50. The first kappa shape index (κ1) is 12.1. The topological polar surface area (TPSA) is 15.3 Å². The van der Waals surface area contributed by atoms with Crippen molar-refractivity contribution < 1.29 is 4.39 Å². The summed E-state index contributed by atoms with van der Waals surface area (Å²) >= 11 is 0. The van der Waals surface area contributed by atoms with E-state index in [1.165, 1.54) is 37.9 Å². The van der Waals surface area contributed by atoms with Gasteiger partial charge in [0.05, 0.1) is 0 Å². The van der Waals surface area contributed by atoms with Gasteiger partial charge < -0.3 is 5.32 Å². The molecule has 2 unspecified atom stereocenters. The molecule has 18 heavy (non-hydrogen) atoms. The molecule has 1 N–H and O–H groups in total. The predicted molar refractivity (Wildman–Crippen MR) is 71.2 cm³/mol. The molecular weight excluding hydrogens is 227 g/mol. The lowest BCUT2D eigenvalue weighted by Gasteiger charge is -2.32. The number of nitrogens with zero attached hydrogens (tertiary/aromatic N) is 1. The Morgan fingerprint density at radius 1 is 1.06 bits per heavy atom. The Labute approximate surface area is 108 Å². The Balaban J connectivity index is 1.62. The van der Waals surface area contributed by atoms with Crippen LogP contribution in [0.3, 0.4) is 0 Å². The normalized spacial score (nSPS) is 29.6. The summed E-state index contributed by atoms with van der Waals surface area (Å²) in [7, 11) is 0. The maximum atomic E-state index is 12.9. The summed E-state index contributed by atoms with van der Waals surface area (Å²) in [5.41, 5.74) is 1.31. The summed E-state index contributed by atoms with van der Waals surface area (Å²) in [5.74, 6) is 0.501. The van der Waals surface area contributed by atoms with Gasteiger partial charge in [0.25, 0.3) is 0 Å². The molecule has 2 fully saturated rings. The lowest BCUT2D eigenvalue weighted by molar-refractivity contribution is 0.174. The van der Waals surface area contributed by atoms with E-state index in [9.17, 15) is 4.39 Å². The van der Waals surface area contributed by atoms with Gasteiger partial charge in [0.15, 0.2) is 0 Å². The fourth-order valence-corrected chi connectivity index (χ4v) is 3.37. The standard InChI is InChI=1S/C15H21FN2/c16-14-4-1-12(2-5-14)13-3-6-15(11-13)18-9-7-17-8-10-18/h1-2,4-5,13,15,17H,3,6-11H2. The largest absolute Gasteiger partial charge is 0.314 e. The zero-order valence-corrected chi connectivity index (χ0v) is 10.7. The quantitative estimate of drug-likeness (QED) is 0.864. The van der Waals surface area contributed by atoms with Crippen LogP contribution < -0.4 is 5.32 Å². The van der Waals surface area contributed by atoms with Crippen LogP contribution in [-0.2, 0) is 0 Å². The van der Waals surface area contributed by atoms with Gasteiger partial charge in [-0.2, -0.15) is 0 Å². The molecule has 0 aromatic heterocycles. The third-order valence-electron chi connectivity index (χ3n) is 4.41. The van der Waals surface area contributed by atoms with E-state index in [2.05, 4.69) is 10.2 Å². The maximum absolute atomic E-state index is 12.9. The first-order valence-electron chi connectivity index (χ1n) is 7.03. The molecule has 1 aromatic rings. The number of benzene rings is 1. The Morgan fingerprint density at radius 2 is 1.78 bits per heavy atom. The van der Waals surface area contributed by atoms with Crippen molar-refractivity contribution in [2.45, 2.75) is 31.2 Å². The van der Waals surface area contributed by atoms with Crippen LogP contribution in [0.4, 0.5) is 4.39 Å². The average molecular weight is 248 g/mol. The zero-order chi connectivity index (χ0) is 12.4. The molecule has 0 bridgehead atoms. The minimum Gasteiger partial charge on any atom is -0.314 e. The van der Waals surface area contributed by atoms with Crippen molar-refractivity contribution in [2.24, 2.45) is 0 Å². The fraction of sp³-hybridized carbons (Fsp3) is 0.600. The summed E-state index contributed by atoms with van der Waals surface area (Å²) in [5, 5.41) is 3.40. The van der Waals surface area contributed by atoms with E-state index in [0.29, 0.717) is 5.92 Å². The molecule has 0 amide bonds. The van der Waals surface area contributed by atoms with Crippen LogP contribution in [0.2, 0.25) is 0 Å². The van der Waals surface area contributed by atoms with Crippen LogP contribution in [0.15, 0.2) is 24.3 Å². The van der Waals surface area contributed by atoms with Crippen LogP contribution in [0.1, 0.15) is 30.7 Å². The van der Waals surface area contributed by atoms with Gasteiger partial charge in [-0.1, -0.05) is 12.1 Å². The monoisotopic (exact) mass is 248 g/mol.